The first-order valence-corrected chi connectivity index (χ1v) is 3.86. The molecular formula is C12H30N2O4. The summed E-state index contributed by atoms with van der Waals surface area (Å²) in [6, 6.07) is 0. The molecule has 0 atom stereocenters. The van der Waals surface area contributed by atoms with E-state index in [2.05, 4.69) is 52.6 Å². The lowest BCUT2D eigenvalue weighted by atomic mass is 10.9. The van der Waals surface area contributed by atoms with E-state index < -0.39 is 11.9 Å². The van der Waals surface area contributed by atoms with Crippen LogP contribution in [0.4, 0.5) is 0 Å². The number of aliphatic carboxylic acids is 2. The summed E-state index contributed by atoms with van der Waals surface area (Å²) in [7, 11) is 0. The normalized spacial score (nSPS) is 3.67. The van der Waals surface area contributed by atoms with E-state index in [0.29, 0.717) is 0 Å². The molecule has 8 N–H and O–H groups in total. The molecule has 0 aliphatic heterocycles. The SMILES string of the molecule is C=C.C=C.C=C.C=C.CC(=O)O.CC(=O)O.N.N. The summed E-state index contributed by atoms with van der Waals surface area (Å²) in [5.41, 5.74) is 0. The number of hydrogen-bond donors (Lipinski definition) is 4. The number of carbonyl (C=O) groups is 2. The van der Waals surface area contributed by atoms with Gasteiger partial charge in [0.1, 0.15) is 0 Å². The molecule has 0 heterocycles. The van der Waals surface area contributed by atoms with Gasteiger partial charge in [-0.05, 0) is 0 Å². The van der Waals surface area contributed by atoms with E-state index >= 15 is 0 Å². The lowest BCUT2D eigenvalue weighted by Gasteiger charge is -1.59. The maximum absolute atomic E-state index is 9.00. The molecule has 0 saturated heterocycles. The summed E-state index contributed by atoms with van der Waals surface area (Å²) in [5, 5.41) is 14.8. The fraction of sp³-hybridized carbons (Fsp3) is 0.167. The third-order valence-corrected chi connectivity index (χ3v) is 0. The van der Waals surface area contributed by atoms with Gasteiger partial charge in [-0.2, -0.15) is 0 Å². The van der Waals surface area contributed by atoms with Crippen molar-refractivity contribution in [3.63, 3.8) is 0 Å². The summed E-state index contributed by atoms with van der Waals surface area (Å²) >= 11 is 0. The number of carboxylic acids is 2. The molecule has 0 radical (unpaired) electrons. The van der Waals surface area contributed by atoms with Crippen LogP contribution < -0.4 is 12.3 Å². The maximum atomic E-state index is 9.00. The van der Waals surface area contributed by atoms with Gasteiger partial charge in [0, 0.05) is 13.8 Å². The molecular weight excluding hydrogens is 236 g/mol. The largest absolute Gasteiger partial charge is 0.481 e. The van der Waals surface area contributed by atoms with E-state index in [1.165, 1.54) is 0 Å². The average molecular weight is 266 g/mol. The molecule has 0 aromatic rings. The first-order valence-electron chi connectivity index (χ1n) is 3.86. The minimum Gasteiger partial charge on any atom is -0.481 e. The highest BCUT2D eigenvalue weighted by molar-refractivity contribution is 5.63. The molecule has 0 aromatic carbocycles. The molecule has 6 heteroatoms. The van der Waals surface area contributed by atoms with Crippen molar-refractivity contribution in [1.82, 2.24) is 12.3 Å². The van der Waals surface area contributed by atoms with Gasteiger partial charge in [0.25, 0.3) is 11.9 Å². The average Bonchev–Trinajstić information content (AvgIpc) is 2.27. The monoisotopic (exact) mass is 266 g/mol. The summed E-state index contributed by atoms with van der Waals surface area (Å²) in [6.45, 7) is 26.2. The Morgan fingerprint density at radius 1 is 0.611 bits per heavy atom. The Morgan fingerprint density at radius 2 is 0.611 bits per heavy atom. The Balaban J connectivity index is -0.0000000113. The zero-order valence-corrected chi connectivity index (χ0v) is 11.8. The van der Waals surface area contributed by atoms with Gasteiger partial charge in [-0.15, -0.1) is 52.6 Å². The van der Waals surface area contributed by atoms with Gasteiger partial charge in [0.05, 0.1) is 0 Å². The summed E-state index contributed by atoms with van der Waals surface area (Å²) in [6.07, 6.45) is 0. The molecule has 0 aromatic heterocycles. The van der Waals surface area contributed by atoms with Crippen LogP contribution in [0.25, 0.3) is 0 Å². The molecule has 0 aliphatic carbocycles. The molecule has 0 saturated carbocycles. The zero-order valence-electron chi connectivity index (χ0n) is 11.8. The van der Waals surface area contributed by atoms with Crippen LogP contribution in [0, 0.1) is 0 Å². The topological polar surface area (TPSA) is 145 Å². The van der Waals surface area contributed by atoms with Crippen LogP contribution in [0.2, 0.25) is 0 Å². The Labute approximate surface area is 111 Å². The van der Waals surface area contributed by atoms with Crippen molar-refractivity contribution in [2.24, 2.45) is 0 Å². The first kappa shape index (κ1) is 56.8. The molecule has 0 unspecified atom stereocenters. The van der Waals surface area contributed by atoms with E-state index in [0.717, 1.165) is 13.8 Å². The fourth-order valence-corrected chi connectivity index (χ4v) is 0. The van der Waals surface area contributed by atoms with Crippen LogP contribution in [0.3, 0.4) is 0 Å². The Hall–Kier alpha value is -2.18. The molecule has 0 aliphatic rings. The molecule has 6 nitrogen and oxygen atoms in total. The molecule has 0 fully saturated rings. The van der Waals surface area contributed by atoms with Crippen LogP contribution in [-0.4, -0.2) is 22.2 Å². The second-order valence-corrected chi connectivity index (χ2v) is 1.04. The van der Waals surface area contributed by atoms with E-state index in [4.69, 9.17) is 19.8 Å². The van der Waals surface area contributed by atoms with Crippen molar-refractivity contribution >= 4 is 11.9 Å². The Morgan fingerprint density at radius 3 is 0.611 bits per heavy atom. The second kappa shape index (κ2) is 194. The quantitative estimate of drug-likeness (QED) is 0.492. The molecule has 0 amide bonds. The van der Waals surface area contributed by atoms with Gasteiger partial charge in [0.15, 0.2) is 0 Å². The van der Waals surface area contributed by atoms with Gasteiger partial charge in [-0.1, -0.05) is 0 Å². The maximum Gasteiger partial charge on any atom is 0.300 e. The minimum absolute atomic E-state index is 0. The van der Waals surface area contributed by atoms with Crippen molar-refractivity contribution in [2.75, 3.05) is 0 Å². The van der Waals surface area contributed by atoms with Gasteiger partial charge in [-0.25, -0.2) is 0 Å². The fourth-order valence-electron chi connectivity index (χ4n) is 0. The van der Waals surface area contributed by atoms with Crippen molar-refractivity contribution in [3.8, 4) is 0 Å². The highest BCUT2D eigenvalue weighted by Crippen LogP contribution is 1.42. The lowest BCUT2D eigenvalue weighted by Crippen LogP contribution is -1.78. The van der Waals surface area contributed by atoms with Crippen molar-refractivity contribution in [1.29, 1.82) is 0 Å². The van der Waals surface area contributed by atoms with Crippen molar-refractivity contribution in [2.45, 2.75) is 13.8 Å². The van der Waals surface area contributed by atoms with Crippen LogP contribution in [0.5, 0.6) is 0 Å². The Kier molecular flexibility index (Phi) is 612. The van der Waals surface area contributed by atoms with Gasteiger partial charge in [0.2, 0.25) is 0 Å². The highest BCUT2D eigenvalue weighted by Gasteiger charge is 1.65. The minimum atomic E-state index is -0.833. The van der Waals surface area contributed by atoms with Gasteiger partial charge >= 0.3 is 0 Å². The summed E-state index contributed by atoms with van der Waals surface area (Å²) in [4.78, 5) is 18.0. The summed E-state index contributed by atoms with van der Waals surface area (Å²) < 4.78 is 0. The highest BCUT2D eigenvalue weighted by atomic mass is 16.4. The van der Waals surface area contributed by atoms with Crippen LogP contribution in [0.15, 0.2) is 52.6 Å². The number of hydrogen-bond acceptors (Lipinski definition) is 4. The predicted molar refractivity (Wildman–Crippen MR) is 81.7 cm³/mol. The van der Waals surface area contributed by atoms with E-state index in [9.17, 15) is 0 Å². The molecule has 18 heavy (non-hydrogen) atoms. The first-order chi connectivity index (χ1) is 7.46. The lowest BCUT2D eigenvalue weighted by molar-refractivity contribution is -0.135. The Bertz CT molecular complexity index is 114. The van der Waals surface area contributed by atoms with Crippen molar-refractivity contribution < 1.29 is 19.8 Å². The molecule has 0 bridgehead atoms. The van der Waals surface area contributed by atoms with Crippen LogP contribution in [0.1, 0.15) is 13.8 Å². The van der Waals surface area contributed by atoms with E-state index in [1.807, 2.05) is 0 Å². The molecule has 0 spiro atoms. The zero-order chi connectivity index (χ0) is 15.2. The number of rotatable bonds is 0. The van der Waals surface area contributed by atoms with E-state index in [-0.39, 0.29) is 12.3 Å². The molecule has 0 rings (SSSR count). The smallest absolute Gasteiger partial charge is 0.300 e. The van der Waals surface area contributed by atoms with Gasteiger partial charge in [-0.3, -0.25) is 9.59 Å². The third-order valence-electron chi connectivity index (χ3n) is 0. The van der Waals surface area contributed by atoms with E-state index in [1.54, 1.807) is 0 Å². The van der Waals surface area contributed by atoms with Crippen LogP contribution >= 0.6 is 0 Å². The van der Waals surface area contributed by atoms with Crippen molar-refractivity contribution in [3.05, 3.63) is 52.6 Å². The predicted octanol–water partition coefficient (Wildman–Crippen LogP) is 3.71. The summed E-state index contributed by atoms with van der Waals surface area (Å²) in [5.74, 6) is -1.67. The van der Waals surface area contributed by atoms with Gasteiger partial charge < -0.3 is 22.5 Å². The number of carboxylic acid groups (broad SMARTS) is 2. The molecule has 112 valence electrons. The van der Waals surface area contributed by atoms with Crippen LogP contribution in [-0.2, 0) is 9.59 Å². The third kappa shape index (κ3) is 478. The standard InChI is InChI=1S/2C2H4O2.4C2H4.2H3N/c2*1-2(3)4;4*1-2;;/h2*1H3,(H,3,4);4*1-2H2;2*1H3. The second-order valence-electron chi connectivity index (χ2n) is 1.04.